The topological polar surface area (TPSA) is 52.0 Å². The van der Waals surface area contributed by atoms with Gasteiger partial charge in [0.15, 0.2) is 0 Å². The molecule has 0 aromatic carbocycles. The van der Waals surface area contributed by atoms with Crippen molar-refractivity contribution in [2.24, 2.45) is 17.4 Å². The maximum Gasteiger partial charge on any atom is 0.0461 e. The number of rotatable bonds is 7. The van der Waals surface area contributed by atoms with Crippen molar-refractivity contribution in [1.82, 2.24) is 0 Å². The highest BCUT2D eigenvalue weighted by molar-refractivity contribution is 6.40. The van der Waals surface area contributed by atoms with Crippen LogP contribution in [0.3, 0.4) is 0 Å². The van der Waals surface area contributed by atoms with Crippen LogP contribution in [0.2, 0.25) is 6.04 Å². The van der Waals surface area contributed by atoms with E-state index in [0.29, 0.717) is 12.5 Å². The number of unbranched alkanes of at least 4 members (excludes halogenated alkanes) is 2. The summed E-state index contributed by atoms with van der Waals surface area (Å²) in [6, 6.07) is 1.36. The second-order valence-electron chi connectivity index (χ2n) is 4.40. The van der Waals surface area contributed by atoms with E-state index in [1.807, 2.05) is 0 Å². The fraction of sp³-hybridized carbons (Fsp3) is 1.00. The molecule has 0 fully saturated rings. The van der Waals surface area contributed by atoms with Gasteiger partial charge < -0.3 is 11.5 Å². The van der Waals surface area contributed by atoms with Gasteiger partial charge in [-0.1, -0.05) is 46.1 Å². The molecule has 3 heteroatoms. The third-order valence-corrected chi connectivity index (χ3v) is 5.92. The minimum absolute atomic E-state index is 0.00768. The lowest BCUT2D eigenvalue weighted by Crippen LogP contribution is -2.56. The summed E-state index contributed by atoms with van der Waals surface area (Å²) in [6.07, 6.45) is 4.01. The minimum Gasteiger partial charge on any atom is -0.329 e. The zero-order valence-corrected chi connectivity index (χ0v) is 10.9. The first kappa shape index (κ1) is 13.1. The first-order valence-corrected chi connectivity index (χ1v) is 7.26. The van der Waals surface area contributed by atoms with E-state index >= 15 is 0 Å². The van der Waals surface area contributed by atoms with Crippen LogP contribution in [0.15, 0.2) is 0 Å². The molecule has 0 aliphatic heterocycles. The molecule has 0 aliphatic carbocycles. The van der Waals surface area contributed by atoms with Gasteiger partial charge in [0, 0.05) is 21.2 Å². The Morgan fingerprint density at radius 3 is 2.31 bits per heavy atom. The molecular weight excluding hydrogens is 176 g/mol. The van der Waals surface area contributed by atoms with Gasteiger partial charge in [-0.15, -0.1) is 0 Å². The third-order valence-electron chi connectivity index (χ3n) is 3.03. The Balaban J connectivity index is 3.71. The normalized spacial score (nSPS) is 17.1. The van der Waals surface area contributed by atoms with E-state index in [0.717, 1.165) is 0 Å². The molecule has 0 aliphatic rings. The fourth-order valence-corrected chi connectivity index (χ4v) is 3.55. The van der Waals surface area contributed by atoms with E-state index in [1.54, 1.807) is 0 Å². The lowest BCUT2D eigenvalue weighted by molar-refractivity contribution is 0.436. The molecule has 13 heavy (non-hydrogen) atoms. The molecule has 1 unspecified atom stereocenters. The van der Waals surface area contributed by atoms with Crippen LogP contribution in [0.5, 0.6) is 0 Å². The molecule has 80 valence electrons. The first-order valence-electron chi connectivity index (χ1n) is 5.55. The van der Waals surface area contributed by atoms with Crippen molar-refractivity contribution < 1.29 is 0 Å². The average molecular weight is 202 g/mol. The molecule has 0 amide bonds. The third kappa shape index (κ3) is 4.79. The van der Waals surface area contributed by atoms with Gasteiger partial charge in [-0.05, 0) is 5.92 Å². The standard InChI is InChI=1S/C10H26N2Si/c1-4-5-6-7-13-10(12,8-11)9(2)3/h9H,4-8,11-13H2,1-3H3. The summed E-state index contributed by atoms with van der Waals surface area (Å²) >= 11 is 0. The lowest BCUT2D eigenvalue weighted by Gasteiger charge is -2.32. The van der Waals surface area contributed by atoms with Crippen molar-refractivity contribution >= 4 is 9.52 Å². The van der Waals surface area contributed by atoms with Gasteiger partial charge >= 0.3 is 0 Å². The Kier molecular flexibility index (Phi) is 6.64. The van der Waals surface area contributed by atoms with E-state index in [1.165, 1.54) is 25.3 Å². The maximum atomic E-state index is 6.26. The van der Waals surface area contributed by atoms with E-state index < -0.39 is 0 Å². The molecule has 0 radical (unpaired) electrons. The highest BCUT2D eigenvalue weighted by Crippen LogP contribution is 2.14. The van der Waals surface area contributed by atoms with Crippen LogP contribution in [0.1, 0.15) is 40.0 Å². The first-order chi connectivity index (χ1) is 6.06. The summed E-state index contributed by atoms with van der Waals surface area (Å²) in [5.74, 6) is 0.547. The van der Waals surface area contributed by atoms with Crippen molar-refractivity contribution in [3.63, 3.8) is 0 Å². The Labute approximate surface area is 85.3 Å². The summed E-state index contributed by atoms with van der Waals surface area (Å²) in [4.78, 5) is 0. The zero-order chi connectivity index (χ0) is 10.3. The Morgan fingerprint density at radius 1 is 1.31 bits per heavy atom. The van der Waals surface area contributed by atoms with Gasteiger partial charge in [0.05, 0.1) is 0 Å². The average Bonchev–Trinajstić information content (AvgIpc) is 2.12. The largest absolute Gasteiger partial charge is 0.329 e. The second-order valence-corrected chi connectivity index (χ2v) is 6.93. The van der Waals surface area contributed by atoms with E-state index in [9.17, 15) is 0 Å². The van der Waals surface area contributed by atoms with Gasteiger partial charge in [0.25, 0.3) is 0 Å². The Bertz CT molecular complexity index is 128. The summed E-state index contributed by atoms with van der Waals surface area (Å²) < 4.78 is 0. The Hall–Kier alpha value is 0.137. The second kappa shape index (κ2) is 6.57. The quantitative estimate of drug-likeness (QED) is 0.479. The minimum atomic E-state index is -0.186. The number of hydrogen-bond acceptors (Lipinski definition) is 2. The van der Waals surface area contributed by atoms with Crippen molar-refractivity contribution in [2.45, 2.75) is 51.2 Å². The van der Waals surface area contributed by atoms with Gasteiger partial charge in [0.2, 0.25) is 0 Å². The molecular formula is C10H26N2Si. The van der Waals surface area contributed by atoms with Crippen molar-refractivity contribution in [2.75, 3.05) is 6.54 Å². The predicted molar refractivity (Wildman–Crippen MR) is 63.7 cm³/mol. The van der Waals surface area contributed by atoms with Crippen LogP contribution in [0.4, 0.5) is 0 Å². The molecule has 2 nitrogen and oxygen atoms in total. The molecule has 4 N–H and O–H groups in total. The van der Waals surface area contributed by atoms with Crippen molar-refractivity contribution in [1.29, 1.82) is 0 Å². The fourth-order valence-electron chi connectivity index (χ4n) is 1.51. The maximum absolute atomic E-state index is 6.26. The highest BCUT2D eigenvalue weighted by Gasteiger charge is 2.26. The van der Waals surface area contributed by atoms with Gasteiger partial charge in [0.1, 0.15) is 0 Å². The van der Waals surface area contributed by atoms with Gasteiger partial charge in [-0.3, -0.25) is 0 Å². The van der Waals surface area contributed by atoms with Crippen LogP contribution < -0.4 is 11.5 Å². The summed E-state index contributed by atoms with van der Waals surface area (Å²) in [5, 5.41) is 0.00768. The van der Waals surface area contributed by atoms with Crippen LogP contribution >= 0.6 is 0 Å². The Morgan fingerprint density at radius 2 is 1.92 bits per heavy atom. The monoisotopic (exact) mass is 202 g/mol. The van der Waals surface area contributed by atoms with Gasteiger partial charge in [-0.25, -0.2) is 0 Å². The van der Waals surface area contributed by atoms with E-state index in [4.69, 9.17) is 11.5 Å². The highest BCUT2D eigenvalue weighted by atomic mass is 28.2. The number of nitrogens with two attached hydrogens (primary N) is 2. The van der Waals surface area contributed by atoms with Crippen LogP contribution in [-0.4, -0.2) is 21.2 Å². The molecule has 0 rings (SSSR count). The van der Waals surface area contributed by atoms with Crippen LogP contribution in [0.25, 0.3) is 0 Å². The van der Waals surface area contributed by atoms with E-state index in [2.05, 4.69) is 20.8 Å². The molecule has 0 bridgehead atoms. The molecule has 0 saturated heterocycles. The van der Waals surface area contributed by atoms with Crippen molar-refractivity contribution in [3.05, 3.63) is 0 Å². The number of hydrogen-bond donors (Lipinski definition) is 2. The van der Waals surface area contributed by atoms with Crippen LogP contribution in [-0.2, 0) is 0 Å². The zero-order valence-electron chi connectivity index (χ0n) is 9.47. The molecule has 0 spiro atoms. The predicted octanol–water partition coefficient (Wildman–Crippen LogP) is 1.03. The van der Waals surface area contributed by atoms with Gasteiger partial charge in [-0.2, -0.15) is 0 Å². The molecule has 0 aromatic rings. The summed E-state index contributed by atoms with van der Waals surface area (Å²) in [7, 11) is -0.186. The molecule has 1 atom stereocenters. The lowest BCUT2D eigenvalue weighted by atomic mass is 10.1. The van der Waals surface area contributed by atoms with E-state index in [-0.39, 0.29) is 14.7 Å². The molecule has 0 saturated carbocycles. The van der Waals surface area contributed by atoms with Crippen molar-refractivity contribution in [3.8, 4) is 0 Å². The smallest absolute Gasteiger partial charge is 0.0461 e. The SMILES string of the molecule is CCCCC[SiH2]C(N)(CN)C(C)C. The summed E-state index contributed by atoms with van der Waals surface area (Å²) in [5.41, 5.74) is 12.0. The van der Waals surface area contributed by atoms with Crippen LogP contribution in [0, 0.1) is 5.92 Å². The molecule has 0 aromatic heterocycles. The molecule has 0 heterocycles. The summed E-state index contributed by atoms with van der Waals surface area (Å²) in [6.45, 7) is 7.30.